The molecule has 2 aliphatic heterocycles. The molecular weight excluding hydrogens is 608 g/mol. The number of aromatic amines is 1. The highest BCUT2D eigenvalue weighted by atomic mass is 79.9. The van der Waals surface area contributed by atoms with Crippen molar-refractivity contribution in [2.24, 2.45) is 0 Å². The van der Waals surface area contributed by atoms with Gasteiger partial charge in [-0.2, -0.15) is 10.4 Å². The topological polar surface area (TPSA) is 98.5 Å². The molecule has 2 aliphatic rings. The fraction of sp³-hybridized carbons (Fsp3) is 0.0690. The SMILES string of the molecule is Cc1nn(-c2ccccc2)c2c1C1(C(=O)Nc3ccc(Br)cc31)C(C#N)=C(c1c[nH]c3ccc(Br)cc13)N2. The van der Waals surface area contributed by atoms with E-state index in [9.17, 15) is 10.1 Å². The molecule has 7 nitrogen and oxygen atoms in total. The van der Waals surface area contributed by atoms with Crippen molar-refractivity contribution in [3.05, 3.63) is 110 Å². The number of amides is 1. The van der Waals surface area contributed by atoms with Crippen molar-refractivity contribution in [1.82, 2.24) is 14.8 Å². The first kappa shape index (κ1) is 23.0. The Hall–Kier alpha value is -4.13. The highest BCUT2D eigenvalue weighted by Gasteiger charge is 2.58. The van der Waals surface area contributed by atoms with Crippen LogP contribution in [0.4, 0.5) is 11.5 Å². The summed E-state index contributed by atoms with van der Waals surface area (Å²) in [6.07, 6.45) is 1.88. The van der Waals surface area contributed by atoms with E-state index in [4.69, 9.17) is 5.10 Å². The standard InChI is InChI=1S/C29H18Br2N6O/c1-15-25-27(37(36-15)18-5-3-2-4-6-18)35-26(20-14-33-23-9-7-16(30)11-19(20)23)22(13-32)29(25)21-12-17(31)8-10-24(21)34-28(29)38/h2-12,14,33,35H,1H3,(H,34,38). The van der Waals surface area contributed by atoms with Gasteiger partial charge in [0.2, 0.25) is 5.91 Å². The molecule has 7 rings (SSSR count). The molecule has 1 spiro atoms. The van der Waals surface area contributed by atoms with Crippen molar-refractivity contribution >= 4 is 65.9 Å². The molecule has 0 fully saturated rings. The molecule has 0 radical (unpaired) electrons. The average Bonchev–Trinajstić information content (AvgIpc) is 3.57. The largest absolute Gasteiger partial charge is 0.360 e. The van der Waals surface area contributed by atoms with E-state index in [1.807, 2.05) is 84.5 Å². The molecule has 5 aromatic rings. The van der Waals surface area contributed by atoms with E-state index in [-0.39, 0.29) is 5.91 Å². The Balaban J connectivity index is 1.63. The van der Waals surface area contributed by atoms with Crippen LogP contribution in [0.5, 0.6) is 0 Å². The van der Waals surface area contributed by atoms with E-state index in [1.165, 1.54) is 0 Å². The molecule has 1 unspecified atom stereocenters. The number of para-hydroxylation sites is 1. The molecule has 1 amide bonds. The highest BCUT2D eigenvalue weighted by Crippen LogP contribution is 2.56. The number of hydrogen-bond donors (Lipinski definition) is 3. The molecule has 0 aliphatic carbocycles. The van der Waals surface area contributed by atoms with Gasteiger partial charge >= 0.3 is 0 Å². The zero-order valence-corrected chi connectivity index (χ0v) is 23.1. The predicted octanol–water partition coefficient (Wildman–Crippen LogP) is 6.79. The van der Waals surface area contributed by atoms with Gasteiger partial charge in [-0.05, 0) is 55.5 Å². The van der Waals surface area contributed by atoms with E-state index in [0.29, 0.717) is 39.6 Å². The lowest BCUT2D eigenvalue weighted by molar-refractivity contribution is -0.118. The van der Waals surface area contributed by atoms with E-state index >= 15 is 0 Å². The number of hydrogen-bond acceptors (Lipinski definition) is 4. The monoisotopic (exact) mass is 624 g/mol. The number of anilines is 2. The lowest BCUT2D eigenvalue weighted by atomic mass is 9.67. The molecule has 1 atom stereocenters. The van der Waals surface area contributed by atoms with Crippen LogP contribution in [-0.4, -0.2) is 20.7 Å². The van der Waals surface area contributed by atoms with Crippen molar-refractivity contribution in [3.8, 4) is 11.8 Å². The van der Waals surface area contributed by atoms with E-state index < -0.39 is 5.41 Å². The molecule has 3 aromatic carbocycles. The molecule has 38 heavy (non-hydrogen) atoms. The Morgan fingerprint density at radius 3 is 2.55 bits per heavy atom. The molecule has 0 bridgehead atoms. The number of nitriles is 1. The molecular formula is C29H18Br2N6O. The summed E-state index contributed by atoms with van der Waals surface area (Å²) in [6, 6.07) is 23.8. The lowest BCUT2D eigenvalue weighted by Gasteiger charge is -2.34. The fourth-order valence-corrected chi connectivity index (χ4v) is 6.48. The molecule has 0 saturated carbocycles. The van der Waals surface area contributed by atoms with Crippen molar-refractivity contribution in [2.45, 2.75) is 12.3 Å². The first-order valence-electron chi connectivity index (χ1n) is 11.9. The molecule has 3 N–H and O–H groups in total. The first-order chi connectivity index (χ1) is 18.4. The minimum absolute atomic E-state index is 0.279. The number of carbonyl (C=O) groups excluding carboxylic acids is 1. The van der Waals surface area contributed by atoms with Gasteiger partial charge in [0.15, 0.2) is 0 Å². The molecule has 4 heterocycles. The lowest BCUT2D eigenvalue weighted by Crippen LogP contribution is -2.42. The van der Waals surface area contributed by atoms with Crippen LogP contribution in [0.1, 0.15) is 22.4 Å². The van der Waals surface area contributed by atoms with Crippen molar-refractivity contribution in [1.29, 1.82) is 5.26 Å². The third-order valence-electron chi connectivity index (χ3n) is 7.30. The number of rotatable bonds is 2. The molecule has 9 heteroatoms. The van der Waals surface area contributed by atoms with Gasteiger partial charge in [0.1, 0.15) is 11.2 Å². The molecule has 184 valence electrons. The van der Waals surface area contributed by atoms with Crippen LogP contribution in [0.3, 0.4) is 0 Å². The van der Waals surface area contributed by atoms with Gasteiger partial charge in [0.25, 0.3) is 0 Å². The first-order valence-corrected chi connectivity index (χ1v) is 13.5. The minimum atomic E-state index is -1.39. The van der Waals surface area contributed by atoms with Gasteiger partial charge in [-0.1, -0.05) is 50.1 Å². The van der Waals surface area contributed by atoms with E-state index in [2.05, 4.69) is 53.5 Å². The smallest absolute Gasteiger partial charge is 0.245 e. The maximum atomic E-state index is 14.2. The Labute approximate surface area is 234 Å². The Bertz CT molecular complexity index is 1900. The Kier molecular flexibility index (Phi) is 4.96. The quantitative estimate of drug-likeness (QED) is 0.201. The Morgan fingerprint density at radius 2 is 1.76 bits per heavy atom. The summed E-state index contributed by atoms with van der Waals surface area (Å²) in [5.41, 5.74) is 4.74. The summed E-state index contributed by atoms with van der Waals surface area (Å²) in [5.74, 6) is 0.370. The number of nitrogens with one attached hydrogen (secondary N) is 3. The number of aromatic nitrogens is 3. The second-order valence-corrected chi connectivity index (χ2v) is 11.2. The zero-order chi connectivity index (χ0) is 26.2. The van der Waals surface area contributed by atoms with Gasteiger partial charge < -0.3 is 15.6 Å². The molecule has 0 saturated heterocycles. The third-order valence-corrected chi connectivity index (χ3v) is 8.29. The summed E-state index contributed by atoms with van der Waals surface area (Å²) in [6.45, 7) is 1.88. The van der Waals surface area contributed by atoms with Gasteiger partial charge in [0.05, 0.1) is 28.7 Å². The summed E-state index contributed by atoms with van der Waals surface area (Å²) < 4.78 is 3.54. The van der Waals surface area contributed by atoms with Crippen LogP contribution < -0.4 is 10.6 Å². The minimum Gasteiger partial charge on any atom is -0.360 e. The van der Waals surface area contributed by atoms with Crippen LogP contribution in [0.25, 0.3) is 22.3 Å². The maximum absolute atomic E-state index is 14.2. The average molecular weight is 626 g/mol. The van der Waals surface area contributed by atoms with Crippen LogP contribution in [0.15, 0.2) is 87.4 Å². The number of aryl methyl sites for hydroxylation is 1. The maximum Gasteiger partial charge on any atom is 0.245 e. The van der Waals surface area contributed by atoms with E-state index in [1.54, 1.807) is 0 Å². The second kappa shape index (κ2) is 8.18. The van der Waals surface area contributed by atoms with Gasteiger partial charge in [-0.3, -0.25) is 4.79 Å². The number of H-pyrrole nitrogens is 1. The molecule has 2 aromatic heterocycles. The summed E-state index contributed by atoms with van der Waals surface area (Å²) in [7, 11) is 0. The summed E-state index contributed by atoms with van der Waals surface area (Å²) >= 11 is 7.17. The van der Waals surface area contributed by atoms with Crippen molar-refractivity contribution in [3.63, 3.8) is 0 Å². The predicted molar refractivity (Wildman–Crippen MR) is 154 cm³/mol. The number of halogens is 2. The normalized spacial score (nSPS) is 17.8. The summed E-state index contributed by atoms with van der Waals surface area (Å²) in [4.78, 5) is 17.5. The number of fused-ring (bicyclic) bond motifs is 5. The second-order valence-electron chi connectivity index (χ2n) is 9.33. The third kappa shape index (κ3) is 2.98. The van der Waals surface area contributed by atoms with Crippen molar-refractivity contribution in [2.75, 3.05) is 10.6 Å². The van der Waals surface area contributed by atoms with Crippen LogP contribution in [-0.2, 0) is 10.2 Å². The van der Waals surface area contributed by atoms with Crippen LogP contribution in [0, 0.1) is 18.3 Å². The number of nitrogens with zero attached hydrogens (tertiary/aromatic N) is 3. The van der Waals surface area contributed by atoms with Gasteiger partial charge in [-0.15, -0.1) is 0 Å². The fourth-order valence-electron chi connectivity index (χ4n) is 5.75. The van der Waals surface area contributed by atoms with Crippen LogP contribution >= 0.6 is 31.9 Å². The van der Waals surface area contributed by atoms with Crippen molar-refractivity contribution < 1.29 is 4.79 Å². The van der Waals surface area contributed by atoms with Crippen LogP contribution in [0.2, 0.25) is 0 Å². The van der Waals surface area contributed by atoms with Gasteiger partial charge in [0, 0.05) is 48.4 Å². The number of carbonyl (C=O) groups is 1. The van der Waals surface area contributed by atoms with E-state index in [0.717, 1.165) is 31.1 Å². The summed E-state index contributed by atoms with van der Waals surface area (Å²) in [5, 5.41) is 23.2. The van der Waals surface area contributed by atoms with Gasteiger partial charge in [-0.25, -0.2) is 4.68 Å². The highest BCUT2D eigenvalue weighted by molar-refractivity contribution is 9.10. The number of benzene rings is 3. The Morgan fingerprint density at radius 1 is 1.00 bits per heavy atom. The zero-order valence-electron chi connectivity index (χ0n) is 19.9.